The number of rotatable bonds is 2. The lowest BCUT2D eigenvalue weighted by Crippen LogP contribution is -2.28. The van der Waals surface area contributed by atoms with E-state index in [9.17, 15) is 0 Å². The van der Waals surface area contributed by atoms with Gasteiger partial charge in [-0.15, -0.1) is 12.4 Å². The van der Waals surface area contributed by atoms with Gasteiger partial charge in [0.2, 0.25) is 0 Å². The summed E-state index contributed by atoms with van der Waals surface area (Å²) in [6.07, 6.45) is 3.78. The van der Waals surface area contributed by atoms with Crippen LogP contribution in [0.15, 0.2) is 18.2 Å². The molecule has 0 aromatic heterocycles. The van der Waals surface area contributed by atoms with Crippen LogP contribution in [-0.2, 0) is 6.42 Å². The molecule has 0 unspecified atom stereocenters. The van der Waals surface area contributed by atoms with Gasteiger partial charge in [0.05, 0.1) is 0 Å². The normalized spacial score (nSPS) is 16.9. The second kappa shape index (κ2) is 6.48. The molecule has 0 bridgehead atoms. The summed E-state index contributed by atoms with van der Waals surface area (Å²) >= 11 is 6.02. The molecule has 1 aliphatic rings. The standard InChI is InChI=1S/C13H18ClN.ClH/c1-10-2-3-13(14)9-12(10)8-11-4-6-15-7-5-11;/h2-3,9,11,15H,4-8H2,1H3;1H. The lowest BCUT2D eigenvalue weighted by molar-refractivity contribution is 0.372. The molecule has 0 atom stereocenters. The Bertz CT molecular complexity index is 333. The van der Waals surface area contributed by atoms with E-state index in [1.807, 2.05) is 6.07 Å². The van der Waals surface area contributed by atoms with Crippen molar-refractivity contribution in [2.45, 2.75) is 26.2 Å². The monoisotopic (exact) mass is 259 g/mol. The van der Waals surface area contributed by atoms with Crippen LogP contribution in [0.25, 0.3) is 0 Å². The molecule has 1 aliphatic heterocycles. The molecule has 1 fully saturated rings. The highest BCUT2D eigenvalue weighted by molar-refractivity contribution is 6.30. The summed E-state index contributed by atoms with van der Waals surface area (Å²) in [5.74, 6) is 0.836. The van der Waals surface area contributed by atoms with E-state index in [0.717, 1.165) is 10.9 Å². The van der Waals surface area contributed by atoms with E-state index in [1.54, 1.807) is 0 Å². The van der Waals surface area contributed by atoms with Gasteiger partial charge in [-0.25, -0.2) is 0 Å². The molecule has 1 nitrogen and oxygen atoms in total. The number of hydrogen-bond acceptors (Lipinski definition) is 1. The molecule has 0 amide bonds. The van der Waals surface area contributed by atoms with E-state index in [2.05, 4.69) is 24.4 Å². The van der Waals surface area contributed by atoms with Crippen molar-refractivity contribution in [3.05, 3.63) is 34.3 Å². The van der Waals surface area contributed by atoms with E-state index in [0.29, 0.717) is 0 Å². The molecule has 1 saturated heterocycles. The minimum absolute atomic E-state index is 0. The van der Waals surface area contributed by atoms with Gasteiger partial charge in [-0.05, 0) is 68.5 Å². The quantitative estimate of drug-likeness (QED) is 0.856. The first-order valence-corrected chi connectivity index (χ1v) is 6.09. The summed E-state index contributed by atoms with van der Waals surface area (Å²) in [4.78, 5) is 0. The van der Waals surface area contributed by atoms with Crippen LogP contribution < -0.4 is 5.32 Å². The van der Waals surface area contributed by atoms with Gasteiger partial charge in [-0.2, -0.15) is 0 Å². The van der Waals surface area contributed by atoms with Gasteiger partial charge < -0.3 is 5.32 Å². The predicted octanol–water partition coefficient (Wildman–Crippen LogP) is 3.61. The highest BCUT2D eigenvalue weighted by Crippen LogP contribution is 2.22. The molecule has 1 N–H and O–H groups in total. The SMILES string of the molecule is Cc1ccc(Cl)cc1CC1CCNCC1.Cl. The van der Waals surface area contributed by atoms with Gasteiger partial charge >= 0.3 is 0 Å². The number of piperidine rings is 1. The fourth-order valence-electron chi connectivity index (χ4n) is 2.26. The third kappa shape index (κ3) is 3.65. The van der Waals surface area contributed by atoms with Gasteiger partial charge in [0.25, 0.3) is 0 Å². The number of halogens is 2. The Hall–Kier alpha value is -0.240. The maximum atomic E-state index is 6.02. The highest BCUT2D eigenvalue weighted by Gasteiger charge is 2.14. The lowest BCUT2D eigenvalue weighted by atomic mass is 9.89. The minimum atomic E-state index is 0. The van der Waals surface area contributed by atoms with Crippen molar-refractivity contribution in [2.24, 2.45) is 5.92 Å². The molecule has 2 rings (SSSR count). The number of aryl methyl sites for hydroxylation is 1. The van der Waals surface area contributed by atoms with Crippen LogP contribution in [0, 0.1) is 12.8 Å². The zero-order chi connectivity index (χ0) is 10.7. The first-order chi connectivity index (χ1) is 7.25. The highest BCUT2D eigenvalue weighted by atomic mass is 35.5. The Balaban J connectivity index is 0.00000128. The summed E-state index contributed by atoms with van der Waals surface area (Å²) < 4.78 is 0. The Morgan fingerprint density at radius 1 is 1.31 bits per heavy atom. The third-order valence-corrected chi connectivity index (χ3v) is 3.51. The van der Waals surface area contributed by atoms with Gasteiger partial charge in [-0.3, -0.25) is 0 Å². The van der Waals surface area contributed by atoms with Crippen LogP contribution in [0.5, 0.6) is 0 Å². The average Bonchev–Trinajstić information content (AvgIpc) is 2.25. The summed E-state index contributed by atoms with van der Waals surface area (Å²) in [5.41, 5.74) is 2.80. The molecule has 1 aromatic rings. The van der Waals surface area contributed by atoms with Crippen LogP contribution in [-0.4, -0.2) is 13.1 Å². The first-order valence-electron chi connectivity index (χ1n) is 5.71. The molecule has 0 saturated carbocycles. The number of hydrogen-bond donors (Lipinski definition) is 1. The molecular weight excluding hydrogens is 241 g/mol. The van der Waals surface area contributed by atoms with Gasteiger partial charge in [-0.1, -0.05) is 17.7 Å². The largest absolute Gasteiger partial charge is 0.317 e. The molecular formula is C13H19Cl2N. The maximum absolute atomic E-state index is 6.02. The second-order valence-electron chi connectivity index (χ2n) is 4.47. The summed E-state index contributed by atoms with van der Waals surface area (Å²) in [6, 6.07) is 6.22. The Kier molecular flexibility index (Phi) is 5.60. The second-order valence-corrected chi connectivity index (χ2v) is 4.90. The maximum Gasteiger partial charge on any atom is 0.0408 e. The predicted molar refractivity (Wildman–Crippen MR) is 72.7 cm³/mol. The Labute approximate surface area is 109 Å². The Morgan fingerprint density at radius 3 is 2.69 bits per heavy atom. The zero-order valence-electron chi connectivity index (χ0n) is 9.63. The topological polar surface area (TPSA) is 12.0 Å². The van der Waals surface area contributed by atoms with Crippen LogP contribution in [0.3, 0.4) is 0 Å². The van der Waals surface area contributed by atoms with E-state index in [-0.39, 0.29) is 12.4 Å². The molecule has 1 aromatic carbocycles. The van der Waals surface area contributed by atoms with Gasteiger partial charge in [0, 0.05) is 5.02 Å². The average molecular weight is 260 g/mol. The fourth-order valence-corrected chi connectivity index (χ4v) is 2.45. The van der Waals surface area contributed by atoms with E-state index >= 15 is 0 Å². The van der Waals surface area contributed by atoms with E-state index in [4.69, 9.17) is 11.6 Å². The zero-order valence-corrected chi connectivity index (χ0v) is 11.2. The van der Waals surface area contributed by atoms with Crippen LogP contribution >= 0.6 is 24.0 Å². The van der Waals surface area contributed by atoms with Gasteiger partial charge in [0.1, 0.15) is 0 Å². The summed E-state index contributed by atoms with van der Waals surface area (Å²) in [5, 5.41) is 4.27. The molecule has 1 heterocycles. The van der Waals surface area contributed by atoms with Crippen molar-refractivity contribution in [3.8, 4) is 0 Å². The summed E-state index contributed by atoms with van der Waals surface area (Å²) in [7, 11) is 0. The third-order valence-electron chi connectivity index (χ3n) is 3.28. The van der Waals surface area contributed by atoms with Crippen molar-refractivity contribution < 1.29 is 0 Å². The molecule has 90 valence electrons. The fraction of sp³-hybridized carbons (Fsp3) is 0.538. The number of benzene rings is 1. The minimum Gasteiger partial charge on any atom is -0.317 e. The first kappa shape index (κ1) is 13.8. The molecule has 0 spiro atoms. The van der Waals surface area contributed by atoms with E-state index in [1.165, 1.54) is 43.5 Å². The smallest absolute Gasteiger partial charge is 0.0408 e. The van der Waals surface area contributed by atoms with Crippen molar-refractivity contribution in [1.82, 2.24) is 5.32 Å². The lowest BCUT2D eigenvalue weighted by Gasteiger charge is -2.23. The Morgan fingerprint density at radius 2 is 2.00 bits per heavy atom. The van der Waals surface area contributed by atoms with Crippen LogP contribution in [0.4, 0.5) is 0 Å². The van der Waals surface area contributed by atoms with Gasteiger partial charge in [0.15, 0.2) is 0 Å². The molecule has 3 heteroatoms. The molecule has 0 radical (unpaired) electrons. The van der Waals surface area contributed by atoms with Crippen molar-refractivity contribution in [1.29, 1.82) is 0 Å². The van der Waals surface area contributed by atoms with Crippen molar-refractivity contribution in [2.75, 3.05) is 13.1 Å². The van der Waals surface area contributed by atoms with Crippen molar-refractivity contribution in [3.63, 3.8) is 0 Å². The van der Waals surface area contributed by atoms with Crippen LogP contribution in [0.2, 0.25) is 5.02 Å². The van der Waals surface area contributed by atoms with E-state index < -0.39 is 0 Å². The van der Waals surface area contributed by atoms with Crippen molar-refractivity contribution >= 4 is 24.0 Å². The molecule has 16 heavy (non-hydrogen) atoms. The van der Waals surface area contributed by atoms with Crippen LogP contribution in [0.1, 0.15) is 24.0 Å². The summed E-state index contributed by atoms with van der Waals surface area (Å²) in [6.45, 7) is 4.52. The molecule has 0 aliphatic carbocycles. The number of nitrogens with one attached hydrogen (secondary N) is 1.